The number of methoxy groups -OCH3 is 3. The first kappa shape index (κ1) is 20.0. The predicted octanol–water partition coefficient (Wildman–Crippen LogP) is 3.62. The monoisotopic (exact) mass is 393 g/mol. The molecule has 1 heterocycles. The standard InChI is InChI=1S/C22H23N3O4/c1-6-13-16(25-2)8-7-14-19(15(11-23)22(24)29-20(13)14)12-9-17(26-3)21(28-5)18(10-12)27-4/h6-10,19,25H,1,24H2,2-5H3. The fourth-order valence-electron chi connectivity index (χ4n) is 3.57. The lowest BCUT2D eigenvalue weighted by molar-refractivity contribution is 0.323. The number of nitriles is 1. The van der Waals surface area contributed by atoms with Gasteiger partial charge in [0.2, 0.25) is 11.6 Å². The van der Waals surface area contributed by atoms with E-state index in [2.05, 4.69) is 18.0 Å². The van der Waals surface area contributed by atoms with Gasteiger partial charge in [0.15, 0.2) is 11.5 Å². The van der Waals surface area contributed by atoms with Crippen molar-refractivity contribution >= 4 is 11.8 Å². The number of benzene rings is 2. The number of nitrogens with two attached hydrogens (primary N) is 1. The Labute approximate surface area is 169 Å². The van der Waals surface area contributed by atoms with E-state index < -0.39 is 5.92 Å². The third-order valence-electron chi connectivity index (χ3n) is 4.92. The van der Waals surface area contributed by atoms with E-state index in [-0.39, 0.29) is 5.88 Å². The van der Waals surface area contributed by atoms with Gasteiger partial charge in [0.05, 0.1) is 27.2 Å². The van der Waals surface area contributed by atoms with Gasteiger partial charge in [-0.15, -0.1) is 0 Å². The first-order valence-corrected chi connectivity index (χ1v) is 8.89. The van der Waals surface area contributed by atoms with Crippen molar-refractivity contribution in [3.05, 3.63) is 59.0 Å². The van der Waals surface area contributed by atoms with Crippen LogP contribution in [0.3, 0.4) is 0 Å². The Kier molecular flexibility index (Phi) is 5.55. The molecule has 0 amide bonds. The summed E-state index contributed by atoms with van der Waals surface area (Å²) in [4.78, 5) is 0. The van der Waals surface area contributed by atoms with Crippen LogP contribution < -0.4 is 30.0 Å². The van der Waals surface area contributed by atoms with Crippen molar-refractivity contribution in [3.63, 3.8) is 0 Å². The smallest absolute Gasteiger partial charge is 0.205 e. The molecular formula is C22H23N3O4. The van der Waals surface area contributed by atoms with Crippen LogP contribution in [-0.2, 0) is 0 Å². The largest absolute Gasteiger partial charge is 0.493 e. The number of nitrogens with zero attached hydrogens (tertiary/aromatic N) is 1. The number of allylic oxidation sites excluding steroid dienone is 1. The molecule has 0 aromatic heterocycles. The molecule has 1 aliphatic rings. The molecule has 3 N–H and O–H groups in total. The summed E-state index contributed by atoms with van der Waals surface area (Å²) in [5.41, 5.74) is 9.60. The van der Waals surface area contributed by atoms with Crippen LogP contribution in [0.25, 0.3) is 6.08 Å². The van der Waals surface area contributed by atoms with Crippen LogP contribution in [-0.4, -0.2) is 28.4 Å². The van der Waals surface area contributed by atoms with Gasteiger partial charge in [-0.3, -0.25) is 0 Å². The van der Waals surface area contributed by atoms with Crippen molar-refractivity contribution in [3.8, 4) is 29.1 Å². The van der Waals surface area contributed by atoms with Crippen LogP contribution >= 0.6 is 0 Å². The number of fused-ring (bicyclic) bond motifs is 1. The van der Waals surface area contributed by atoms with E-state index in [1.54, 1.807) is 20.3 Å². The van der Waals surface area contributed by atoms with Gasteiger partial charge in [-0.2, -0.15) is 5.26 Å². The molecule has 150 valence electrons. The molecule has 0 saturated heterocycles. The van der Waals surface area contributed by atoms with Gasteiger partial charge in [0.1, 0.15) is 17.4 Å². The number of rotatable bonds is 6. The minimum absolute atomic E-state index is 0.0510. The number of nitrogens with one attached hydrogen (secondary N) is 1. The van der Waals surface area contributed by atoms with Crippen molar-refractivity contribution in [2.45, 2.75) is 5.92 Å². The second-order valence-electron chi connectivity index (χ2n) is 6.28. The highest BCUT2D eigenvalue weighted by Gasteiger charge is 2.33. The highest BCUT2D eigenvalue weighted by molar-refractivity contribution is 5.76. The number of anilines is 1. The van der Waals surface area contributed by atoms with Gasteiger partial charge in [0.25, 0.3) is 0 Å². The second kappa shape index (κ2) is 8.07. The molecule has 0 radical (unpaired) electrons. The van der Waals surface area contributed by atoms with Gasteiger partial charge >= 0.3 is 0 Å². The molecule has 0 bridgehead atoms. The van der Waals surface area contributed by atoms with Crippen LogP contribution in [0.15, 0.2) is 42.3 Å². The van der Waals surface area contributed by atoms with Crippen LogP contribution in [0.5, 0.6) is 23.0 Å². The Bertz CT molecular complexity index is 1010. The third-order valence-corrected chi connectivity index (χ3v) is 4.92. The molecule has 7 nitrogen and oxygen atoms in total. The van der Waals surface area contributed by atoms with Crippen molar-refractivity contribution in [2.75, 3.05) is 33.7 Å². The molecule has 2 aromatic carbocycles. The first-order valence-electron chi connectivity index (χ1n) is 8.89. The van der Waals surface area contributed by atoms with E-state index in [1.807, 2.05) is 31.3 Å². The molecule has 0 spiro atoms. The topological polar surface area (TPSA) is 98.8 Å². The van der Waals surface area contributed by atoms with Gasteiger partial charge in [-0.1, -0.05) is 18.7 Å². The third kappa shape index (κ3) is 3.19. The van der Waals surface area contributed by atoms with Gasteiger partial charge in [-0.25, -0.2) is 0 Å². The second-order valence-corrected chi connectivity index (χ2v) is 6.28. The summed E-state index contributed by atoms with van der Waals surface area (Å²) >= 11 is 0. The van der Waals surface area contributed by atoms with Gasteiger partial charge in [-0.05, 0) is 23.8 Å². The highest BCUT2D eigenvalue weighted by atomic mass is 16.5. The summed E-state index contributed by atoms with van der Waals surface area (Å²) in [7, 11) is 6.44. The fourth-order valence-corrected chi connectivity index (χ4v) is 3.57. The van der Waals surface area contributed by atoms with Crippen molar-refractivity contribution < 1.29 is 18.9 Å². The lowest BCUT2D eigenvalue weighted by Crippen LogP contribution is -2.22. The summed E-state index contributed by atoms with van der Waals surface area (Å²) in [5, 5.41) is 12.9. The van der Waals surface area contributed by atoms with E-state index in [1.165, 1.54) is 7.11 Å². The zero-order valence-corrected chi connectivity index (χ0v) is 16.8. The Balaban J connectivity index is 2.32. The Hall–Kier alpha value is -3.79. The van der Waals surface area contributed by atoms with E-state index in [9.17, 15) is 5.26 Å². The van der Waals surface area contributed by atoms with E-state index in [4.69, 9.17) is 24.7 Å². The maximum absolute atomic E-state index is 9.81. The summed E-state index contributed by atoms with van der Waals surface area (Å²) in [6.07, 6.45) is 1.70. The summed E-state index contributed by atoms with van der Waals surface area (Å²) < 4.78 is 22.2. The minimum Gasteiger partial charge on any atom is -0.493 e. The summed E-state index contributed by atoms with van der Waals surface area (Å²) in [5.74, 6) is 1.58. The van der Waals surface area contributed by atoms with Gasteiger partial charge in [0, 0.05) is 23.9 Å². The molecule has 2 aromatic rings. The molecule has 1 atom stereocenters. The molecule has 1 unspecified atom stereocenters. The lowest BCUT2D eigenvalue weighted by atomic mass is 9.82. The number of hydrogen-bond acceptors (Lipinski definition) is 7. The molecule has 7 heteroatoms. The average Bonchev–Trinajstić information content (AvgIpc) is 2.75. The van der Waals surface area contributed by atoms with Gasteiger partial charge < -0.3 is 30.0 Å². The number of hydrogen-bond donors (Lipinski definition) is 2. The minimum atomic E-state index is -0.470. The Morgan fingerprint density at radius 1 is 1.17 bits per heavy atom. The molecule has 0 aliphatic carbocycles. The van der Waals surface area contributed by atoms with E-state index >= 15 is 0 Å². The first-order chi connectivity index (χ1) is 14.0. The molecule has 1 aliphatic heterocycles. The molecule has 0 fully saturated rings. The molecule has 29 heavy (non-hydrogen) atoms. The highest BCUT2D eigenvalue weighted by Crippen LogP contribution is 2.49. The lowest BCUT2D eigenvalue weighted by Gasteiger charge is -2.29. The van der Waals surface area contributed by atoms with Crippen molar-refractivity contribution in [2.24, 2.45) is 5.73 Å². The van der Waals surface area contributed by atoms with E-state index in [0.717, 1.165) is 22.4 Å². The molecule has 3 rings (SSSR count). The SMILES string of the molecule is C=Cc1c(NC)ccc2c1OC(N)=C(C#N)C2c1cc(OC)c(OC)c(OC)c1. The van der Waals surface area contributed by atoms with Crippen LogP contribution in [0.1, 0.15) is 22.6 Å². The maximum Gasteiger partial charge on any atom is 0.205 e. The fraction of sp³-hybridized carbons (Fsp3) is 0.227. The van der Waals surface area contributed by atoms with Crippen molar-refractivity contribution in [1.29, 1.82) is 5.26 Å². The maximum atomic E-state index is 9.81. The Morgan fingerprint density at radius 2 is 1.83 bits per heavy atom. The zero-order valence-electron chi connectivity index (χ0n) is 16.8. The van der Waals surface area contributed by atoms with Crippen molar-refractivity contribution in [1.82, 2.24) is 0 Å². The summed E-state index contributed by atoms with van der Waals surface area (Å²) in [6.45, 7) is 3.89. The molecule has 0 saturated carbocycles. The molecular weight excluding hydrogens is 370 g/mol. The van der Waals surface area contributed by atoms with Crippen LogP contribution in [0, 0.1) is 11.3 Å². The summed E-state index contributed by atoms with van der Waals surface area (Å²) in [6, 6.07) is 9.64. The van der Waals surface area contributed by atoms with Crippen LogP contribution in [0.2, 0.25) is 0 Å². The Morgan fingerprint density at radius 3 is 2.31 bits per heavy atom. The normalized spacial score (nSPS) is 14.9. The van der Waals surface area contributed by atoms with E-state index in [0.29, 0.717) is 28.6 Å². The zero-order chi connectivity index (χ0) is 21.1. The average molecular weight is 393 g/mol. The quantitative estimate of drug-likeness (QED) is 0.773. The number of ether oxygens (including phenoxy) is 4. The predicted molar refractivity (Wildman–Crippen MR) is 111 cm³/mol. The van der Waals surface area contributed by atoms with Crippen LogP contribution in [0.4, 0.5) is 5.69 Å².